The molecule has 12 heteroatoms. The fourth-order valence-corrected chi connectivity index (χ4v) is 5.81. The molecule has 2 aliphatic rings. The van der Waals surface area contributed by atoms with Crippen LogP contribution in [0.3, 0.4) is 0 Å². The Hall–Kier alpha value is -3.82. The first-order valence-electron chi connectivity index (χ1n) is 11.4. The van der Waals surface area contributed by atoms with Crippen molar-refractivity contribution >= 4 is 27.7 Å². The highest BCUT2D eigenvalue weighted by molar-refractivity contribution is 7.89. The average Bonchev–Trinajstić information content (AvgIpc) is 2.89. The number of amides is 3. The van der Waals surface area contributed by atoms with Gasteiger partial charge in [0, 0.05) is 31.7 Å². The van der Waals surface area contributed by atoms with E-state index in [9.17, 15) is 27.2 Å². The normalized spacial score (nSPS) is 20.8. The molecule has 2 N–H and O–H groups in total. The monoisotopic (exact) mass is 513 g/mol. The molecule has 2 fully saturated rings. The van der Waals surface area contributed by atoms with Crippen molar-refractivity contribution < 1.29 is 27.2 Å². The van der Waals surface area contributed by atoms with E-state index >= 15 is 0 Å². The molecule has 36 heavy (non-hydrogen) atoms. The van der Waals surface area contributed by atoms with E-state index in [0.717, 1.165) is 28.6 Å². The first kappa shape index (κ1) is 25.3. The highest BCUT2D eigenvalue weighted by atomic mass is 32.2. The van der Waals surface area contributed by atoms with Gasteiger partial charge in [-0.25, -0.2) is 12.8 Å². The molecule has 0 aliphatic carbocycles. The van der Waals surface area contributed by atoms with Gasteiger partial charge in [0.25, 0.3) is 5.91 Å². The van der Waals surface area contributed by atoms with Crippen molar-refractivity contribution in [1.82, 2.24) is 19.8 Å². The van der Waals surface area contributed by atoms with Crippen LogP contribution in [0, 0.1) is 17.1 Å². The van der Waals surface area contributed by atoms with Crippen LogP contribution in [0.1, 0.15) is 28.8 Å². The maximum absolute atomic E-state index is 13.4. The number of carbonyl (C=O) groups excluding carboxylic acids is 3. The number of nitrogens with one attached hydrogen (secondary N) is 2. The van der Waals surface area contributed by atoms with E-state index in [-0.39, 0.29) is 36.0 Å². The van der Waals surface area contributed by atoms with Gasteiger partial charge in [0.05, 0.1) is 16.5 Å². The van der Waals surface area contributed by atoms with E-state index in [1.54, 1.807) is 0 Å². The number of nitriles is 1. The van der Waals surface area contributed by atoms with Crippen LogP contribution in [0.15, 0.2) is 53.4 Å². The molecule has 0 saturated carbocycles. The Morgan fingerprint density at radius 2 is 1.78 bits per heavy atom. The minimum absolute atomic E-state index is 0.00690. The number of nitrogens with zero attached hydrogens (tertiary/aromatic N) is 3. The number of hydrogen-bond donors (Lipinski definition) is 2. The third kappa shape index (κ3) is 5.22. The molecule has 2 atom stereocenters. The topological polar surface area (TPSA) is 140 Å². The summed E-state index contributed by atoms with van der Waals surface area (Å²) in [7, 11) is -4.22. The van der Waals surface area contributed by atoms with Gasteiger partial charge in [0.1, 0.15) is 17.9 Å². The summed E-state index contributed by atoms with van der Waals surface area (Å²) in [4.78, 5) is 39.8. The molecule has 10 nitrogen and oxygen atoms in total. The fraction of sp³-hybridized carbons (Fsp3) is 0.333. The van der Waals surface area contributed by atoms with Crippen LogP contribution < -0.4 is 10.6 Å². The average molecular weight is 514 g/mol. The van der Waals surface area contributed by atoms with Crippen molar-refractivity contribution in [1.29, 1.82) is 5.26 Å². The largest absolute Gasteiger partial charge is 0.354 e. The third-order valence-electron chi connectivity index (χ3n) is 6.20. The zero-order valence-electron chi connectivity index (χ0n) is 19.2. The molecular formula is C24H24FN5O5S. The number of hydrogen-bond acceptors (Lipinski definition) is 6. The number of sulfonamides is 1. The van der Waals surface area contributed by atoms with Gasteiger partial charge in [0.15, 0.2) is 0 Å². The summed E-state index contributed by atoms with van der Waals surface area (Å²) >= 11 is 0. The molecule has 0 radical (unpaired) electrons. The van der Waals surface area contributed by atoms with Crippen molar-refractivity contribution in [2.75, 3.05) is 26.2 Å². The lowest BCUT2D eigenvalue weighted by Crippen LogP contribution is -2.63. The molecular weight excluding hydrogens is 489 g/mol. The maximum atomic E-state index is 13.4. The molecule has 2 heterocycles. The Morgan fingerprint density at radius 3 is 2.42 bits per heavy atom. The molecule has 0 aromatic heterocycles. The van der Waals surface area contributed by atoms with E-state index in [2.05, 4.69) is 10.6 Å². The number of rotatable bonds is 5. The molecule has 3 amide bonds. The molecule has 2 saturated heterocycles. The molecule has 0 bridgehead atoms. The summed E-state index contributed by atoms with van der Waals surface area (Å²) in [6, 6.07) is 10.1. The summed E-state index contributed by atoms with van der Waals surface area (Å²) in [5.41, 5.74) is 0.666. The van der Waals surface area contributed by atoms with Gasteiger partial charge >= 0.3 is 0 Å². The standard InChI is InChI=1S/C24H24FN5O5S/c25-18-7-9-19(10-8-18)36(34,35)30-13-12-29(24(33)17-5-3-16(14-26)4-6-17)15-21(30)23(32)28-20-2-1-11-27-22(20)31/h3-10,20-21H,1-2,11-13,15H2,(H,27,31)(H,28,32). The second kappa shape index (κ2) is 10.4. The number of piperazine rings is 1. The second-order valence-electron chi connectivity index (χ2n) is 8.52. The van der Waals surface area contributed by atoms with Crippen LogP contribution in [0.25, 0.3) is 0 Å². The van der Waals surface area contributed by atoms with Gasteiger partial charge < -0.3 is 15.5 Å². The Kier molecular flexibility index (Phi) is 7.32. The van der Waals surface area contributed by atoms with Gasteiger partial charge in [-0.15, -0.1) is 0 Å². The smallest absolute Gasteiger partial charge is 0.253 e. The van der Waals surface area contributed by atoms with Crippen LogP contribution in [-0.4, -0.2) is 73.6 Å². The van der Waals surface area contributed by atoms with Crippen LogP contribution in [0.2, 0.25) is 0 Å². The lowest BCUT2D eigenvalue weighted by molar-refractivity contribution is -0.132. The van der Waals surface area contributed by atoms with Gasteiger partial charge in [-0.3, -0.25) is 14.4 Å². The highest BCUT2D eigenvalue weighted by Crippen LogP contribution is 2.23. The van der Waals surface area contributed by atoms with Gasteiger partial charge in [-0.2, -0.15) is 9.57 Å². The van der Waals surface area contributed by atoms with E-state index in [1.165, 1.54) is 29.2 Å². The molecule has 2 aliphatic heterocycles. The van der Waals surface area contributed by atoms with Gasteiger partial charge in [-0.1, -0.05) is 0 Å². The predicted molar refractivity (Wildman–Crippen MR) is 125 cm³/mol. The van der Waals surface area contributed by atoms with Crippen molar-refractivity contribution in [3.05, 3.63) is 65.5 Å². The molecule has 2 unspecified atom stereocenters. The number of piperidine rings is 1. The van der Waals surface area contributed by atoms with Crippen LogP contribution in [-0.2, 0) is 19.6 Å². The molecule has 4 rings (SSSR count). The van der Waals surface area contributed by atoms with E-state index in [4.69, 9.17) is 5.26 Å². The quantitative estimate of drug-likeness (QED) is 0.601. The second-order valence-corrected chi connectivity index (χ2v) is 10.4. The van der Waals surface area contributed by atoms with Crippen molar-refractivity contribution in [2.24, 2.45) is 0 Å². The Morgan fingerprint density at radius 1 is 1.08 bits per heavy atom. The van der Waals surface area contributed by atoms with Crippen molar-refractivity contribution in [3.8, 4) is 6.07 Å². The first-order chi connectivity index (χ1) is 17.2. The van der Waals surface area contributed by atoms with Crippen LogP contribution in [0.5, 0.6) is 0 Å². The Balaban J connectivity index is 1.61. The Bertz CT molecular complexity index is 1310. The van der Waals surface area contributed by atoms with Crippen molar-refractivity contribution in [2.45, 2.75) is 29.8 Å². The number of carbonyl (C=O) groups is 3. The third-order valence-corrected chi connectivity index (χ3v) is 8.13. The molecule has 2 aromatic carbocycles. The molecule has 0 spiro atoms. The van der Waals surface area contributed by atoms with Crippen molar-refractivity contribution in [3.63, 3.8) is 0 Å². The summed E-state index contributed by atoms with van der Waals surface area (Å²) in [6.07, 6.45) is 1.06. The fourth-order valence-electron chi connectivity index (χ4n) is 4.24. The minimum Gasteiger partial charge on any atom is -0.354 e. The SMILES string of the molecule is N#Cc1ccc(C(=O)N2CCN(S(=O)(=O)c3ccc(F)cc3)C(C(=O)NC3CCCNC3=O)C2)cc1. The summed E-state index contributed by atoms with van der Waals surface area (Å²) in [6.45, 7) is 0.0651. The zero-order valence-corrected chi connectivity index (χ0v) is 20.0. The van der Waals surface area contributed by atoms with Gasteiger partial charge in [-0.05, 0) is 61.4 Å². The van der Waals surface area contributed by atoms with E-state index in [1.807, 2.05) is 6.07 Å². The first-order valence-corrected chi connectivity index (χ1v) is 12.8. The summed E-state index contributed by atoms with van der Waals surface area (Å²) < 4.78 is 41.2. The summed E-state index contributed by atoms with van der Waals surface area (Å²) in [5, 5.41) is 14.3. The lowest BCUT2D eigenvalue weighted by Gasteiger charge is -2.40. The Labute approximate surface area is 207 Å². The van der Waals surface area contributed by atoms with Crippen LogP contribution >= 0.6 is 0 Å². The molecule has 188 valence electrons. The van der Waals surface area contributed by atoms with E-state index < -0.39 is 39.7 Å². The maximum Gasteiger partial charge on any atom is 0.253 e. The molecule has 2 aromatic rings. The minimum atomic E-state index is -4.22. The number of benzene rings is 2. The predicted octanol–water partition coefficient (Wildman–Crippen LogP) is 0.607. The number of halogens is 1. The van der Waals surface area contributed by atoms with E-state index in [0.29, 0.717) is 24.9 Å². The zero-order chi connectivity index (χ0) is 25.9. The van der Waals surface area contributed by atoms with Gasteiger partial charge in [0.2, 0.25) is 21.8 Å². The summed E-state index contributed by atoms with van der Waals surface area (Å²) in [5.74, 6) is -2.10. The lowest BCUT2D eigenvalue weighted by atomic mass is 10.1. The highest BCUT2D eigenvalue weighted by Gasteiger charge is 2.42. The van der Waals surface area contributed by atoms with Crippen LogP contribution in [0.4, 0.5) is 4.39 Å².